The lowest BCUT2D eigenvalue weighted by atomic mass is 10.1. The fourth-order valence-corrected chi connectivity index (χ4v) is 5.64. The van der Waals surface area contributed by atoms with Crippen molar-refractivity contribution in [1.82, 2.24) is 9.29 Å². The number of sulfonamides is 1. The number of rotatable bonds is 4. The van der Waals surface area contributed by atoms with Gasteiger partial charge in [0.15, 0.2) is 10.0 Å². The van der Waals surface area contributed by atoms with Crippen LogP contribution >= 0.6 is 11.3 Å². The Morgan fingerprint density at radius 3 is 2.10 bits per heavy atom. The summed E-state index contributed by atoms with van der Waals surface area (Å²) in [5.74, 6) is -3.69. The van der Waals surface area contributed by atoms with Gasteiger partial charge in [0.1, 0.15) is 23.3 Å². The summed E-state index contributed by atoms with van der Waals surface area (Å²) in [6.07, 6.45) is 0. The highest BCUT2D eigenvalue weighted by Crippen LogP contribution is 2.30. The maximum absolute atomic E-state index is 13.9. The predicted molar refractivity (Wildman–Crippen MR) is 105 cm³/mol. The molecule has 2 aromatic carbocycles. The van der Waals surface area contributed by atoms with Crippen LogP contribution in [0.2, 0.25) is 0 Å². The van der Waals surface area contributed by atoms with Crippen LogP contribution in [0.1, 0.15) is 0 Å². The van der Waals surface area contributed by atoms with Gasteiger partial charge in [-0.15, -0.1) is 11.3 Å². The van der Waals surface area contributed by atoms with Crippen LogP contribution in [0.15, 0.2) is 46.7 Å². The normalized spacial score (nSPS) is 15.5. The van der Waals surface area contributed by atoms with Crippen molar-refractivity contribution in [3.63, 3.8) is 0 Å². The summed E-state index contributed by atoms with van der Waals surface area (Å²) < 4.78 is 81.1. The standard InChI is InChI=1S/C19H15F4N3O2S2/c20-13-8-12(9-14(21)10-13)17-11-29-19(24-17)25-4-6-26(7-5-25)30(27,28)18-15(22)2-1-3-16(18)23/h1-3,8-11H,4-7H2. The van der Waals surface area contributed by atoms with Crippen LogP contribution in [0, 0.1) is 23.3 Å². The van der Waals surface area contributed by atoms with E-state index in [4.69, 9.17) is 0 Å². The van der Waals surface area contributed by atoms with Crippen molar-refractivity contribution in [2.75, 3.05) is 31.1 Å². The molecule has 1 aliphatic rings. The molecule has 30 heavy (non-hydrogen) atoms. The van der Waals surface area contributed by atoms with Crippen LogP contribution in [0.25, 0.3) is 11.3 Å². The molecule has 11 heteroatoms. The number of thiazole rings is 1. The van der Waals surface area contributed by atoms with E-state index < -0.39 is 38.2 Å². The zero-order valence-corrected chi connectivity index (χ0v) is 17.0. The Morgan fingerprint density at radius 1 is 0.900 bits per heavy atom. The van der Waals surface area contributed by atoms with E-state index in [-0.39, 0.29) is 26.2 Å². The van der Waals surface area contributed by atoms with E-state index in [9.17, 15) is 26.0 Å². The first-order valence-electron chi connectivity index (χ1n) is 8.87. The van der Waals surface area contributed by atoms with E-state index in [0.717, 1.165) is 28.6 Å². The number of nitrogens with zero attached hydrogens (tertiary/aromatic N) is 3. The Kier molecular flexibility index (Phi) is 5.51. The highest BCUT2D eigenvalue weighted by Gasteiger charge is 2.33. The molecule has 0 amide bonds. The minimum absolute atomic E-state index is 0.0135. The molecular formula is C19H15F4N3O2S2. The lowest BCUT2D eigenvalue weighted by Crippen LogP contribution is -2.49. The van der Waals surface area contributed by atoms with Crippen molar-refractivity contribution in [2.45, 2.75) is 4.90 Å². The van der Waals surface area contributed by atoms with Gasteiger partial charge in [0.25, 0.3) is 0 Å². The fraction of sp³-hybridized carbons (Fsp3) is 0.211. The molecule has 0 bridgehead atoms. The third-order valence-electron chi connectivity index (χ3n) is 4.68. The van der Waals surface area contributed by atoms with Gasteiger partial charge < -0.3 is 4.90 Å². The number of hydrogen-bond acceptors (Lipinski definition) is 5. The quantitative estimate of drug-likeness (QED) is 0.558. The third kappa shape index (κ3) is 3.92. The lowest BCUT2D eigenvalue weighted by Gasteiger charge is -2.33. The minimum atomic E-state index is -4.32. The Morgan fingerprint density at radius 2 is 1.50 bits per heavy atom. The van der Waals surface area contributed by atoms with Gasteiger partial charge in [0.05, 0.1) is 5.69 Å². The first-order chi connectivity index (χ1) is 14.3. The van der Waals surface area contributed by atoms with Crippen molar-refractivity contribution < 1.29 is 26.0 Å². The Balaban J connectivity index is 1.50. The van der Waals surface area contributed by atoms with E-state index in [0.29, 0.717) is 16.4 Å². The van der Waals surface area contributed by atoms with Gasteiger partial charge >= 0.3 is 0 Å². The highest BCUT2D eigenvalue weighted by molar-refractivity contribution is 7.89. The van der Waals surface area contributed by atoms with Gasteiger partial charge in [-0.1, -0.05) is 6.07 Å². The smallest absolute Gasteiger partial charge is 0.249 e. The molecule has 4 rings (SSSR count). The van der Waals surface area contributed by atoms with Gasteiger partial charge in [-0.25, -0.2) is 31.0 Å². The monoisotopic (exact) mass is 457 g/mol. The van der Waals surface area contributed by atoms with E-state index in [1.165, 1.54) is 23.5 Å². The molecule has 0 saturated carbocycles. The van der Waals surface area contributed by atoms with E-state index in [1.54, 1.807) is 5.38 Å². The van der Waals surface area contributed by atoms with Gasteiger partial charge in [0.2, 0.25) is 10.0 Å². The van der Waals surface area contributed by atoms with Gasteiger partial charge in [-0.05, 0) is 24.3 Å². The van der Waals surface area contributed by atoms with Crippen molar-refractivity contribution in [1.29, 1.82) is 0 Å². The van der Waals surface area contributed by atoms with Crippen molar-refractivity contribution >= 4 is 26.5 Å². The van der Waals surface area contributed by atoms with Crippen LogP contribution in [-0.2, 0) is 10.0 Å². The zero-order chi connectivity index (χ0) is 21.5. The summed E-state index contributed by atoms with van der Waals surface area (Å²) in [7, 11) is -4.32. The Bertz CT molecular complexity index is 1150. The minimum Gasteiger partial charge on any atom is -0.345 e. The Labute approximate surface area is 174 Å². The molecule has 1 aliphatic heterocycles. The summed E-state index contributed by atoms with van der Waals surface area (Å²) in [4.78, 5) is 5.24. The average molecular weight is 457 g/mol. The van der Waals surface area contributed by atoms with Crippen LogP contribution in [0.5, 0.6) is 0 Å². The largest absolute Gasteiger partial charge is 0.345 e. The van der Waals surface area contributed by atoms with Gasteiger partial charge in [-0.3, -0.25) is 0 Å². The molecule has 1 fully saturated rings. The topological polar surface area (TPSA) is 53.5 Å². The van der Waals surface area contributed by atoms with Crippen LogP contribution in [-0.4, -0.2) is 43.9 Å². The molecule has 0 unspecified atom stereocenters. The molecule has 0 spiro atoms. The fourth-order valence-electron chi connectivity index (χ4n) is 3.22. The van der Waals surface area contributed by atoms with E-state index in [1.807, 2.05) is 4.90 Å². The second kappa shape index (κ2) is 7.97. The molecule has 2 heterocycles. The highest BCUT2D eigenvalue weighted by atomic mass is 32.2. The molecule has 5 nitrogen and oxygen atoms in total. The summed E-state index contributed by atoms with van der Waals surface area (Å²) in [5, 5.41) is 2.21. The van der Waals surface area contributed by atoms with Gasteiger partial charge in [0, 0.05) is 43.2 Å². The molecule has 1 saturated heterocycles. The number of aromatic nitrogens is 1. The summed E-state index contributed by atoms with van der Waals surface area (Å²) in [6, 6.07) is 6.03. The molecular weight excluding hydrogens is 442 g/mol. The number of benzene rings is 2. The van der Waals surface area contributed by atoms with Crippen LogP contribution < -0.4 is 4.90 Å². The lowest BCUT2D eigenvalue weighted by molar-refractivity contribution is 0.378. The molecule has 0 atom stereocenters. The summed E-state index contributed by atoms with van der Waals surface area (Å²) >= 11 is 1.25. The van der Waals surface area contributed by atoms with Crippen LogP contribution in [0.4, 0.5) is 22.7 Å². The molecule has 158 valence electrons. The average Bonchev–Trinajstić information content (AvgIpc) is 3.17. The SMILES string of the molecule is O=S(=O)(c1c(F)cccc1F)N1CCN(c2nc(-c3cc(F)cc(F)c3)cs2)CC1. The van der Waals surface area contributed by atoms with Crippen LogP contribution in [0.3, 0.4) is 0 Å². The Hall–Kier alpha value is -2.50. The van der Waals surface area contributed by atoms with Gasteiger partial charge in [-0.2, -0.15) is 4.31 Å². The van der Waals surface area contributed by atoms with Crippen molar-refractivity contribution in [3.8, 4) is 11.3 Å². The van der Waals surface area contributed by atoms with Crippen molar-refractivity contribution in [3.05, 3.63) is 65.0 Å². The van der Waals surface area contributed by atoms with Crippen molar-refractivity contribution in [2.24, 2.45) is 0 Å². The molecule has 0 N–H and O–H groups in total. The number of halogens is 4. The van der Waals surface area contributed by atoms with E-state index >= 15 is 0 Å². The maximum atomic E-state index is 13.9. The molecule has 0 radical (unpaired) electrons. The van der Waals surface area contributed by atoms with E-state index in [2.05, 4.69) is 4.98 Å². The summed E-state index contributed by atoms with van der Waals surface area (Å²) in [6.45, 7) is 0.527. The zero-order valence-electron chi connectivity index (χ0n) is 15.4. The molecule has 1 aromatic heterocycles. The second-order valence-electron chi connectivity index (χ2n) is 6.62. The predicted octanol–water partition coefficient (Wildman–Crippen LogP) is 3.88. The third-order valence-corrected chi connectivity index (χ3v) is 7.53. The maximum Gasteiger partial charge on any atom is 0.249 e. The number of anilines is 1. The molecule has 3 aromatic rings. The molecule has 0 aliphatic carbocycles. The number of piperazine rings is 1. The number of hydrogen-bond donors (Lipinski definition) is 0. The first-order valence-corrected chi connectivity index (χ1v) is 11.2. The second-order valence-corrected chi connectivity index (χ2v) is 9.33. The summed E-state index contributed by atoms with van der Waals surface area (Å²) in [5.41, 5.74) is 0.697. The first kappa shape index (κ1) is 20.8.